The SMILES string of the molecule is CC(O)c1ccc(Nc2cc(F)ccc2[N+](=O)[O-])cc1. The zero-order chi connectivity index (χ0) is 14.7. The number of aliphatic hydroxyl groups excluding tert-OH is 1. The van der Waals surface area contributed by atoms with Gasteiger partial charge in [0.05, 0.1) is 11.0 Å². The van der Waals surface area contributed by atoms with Gasteiger partial charge in [0.1, 0.15) is 11.5 Å². The van der Waals surface area contributed by atoms with E-state index in [0.717, 1.165) is 23.8 Å². The van der Waals surface area contributed by atoms with Crippen molar-refractivity contribution in [1.82, 2.24) is 0 Å². The highest BCUT2D eigenvalue weighted by atomic mass is 19.1. The number of nitro groups is 1. The Morgan fingerprint density at radius 1 is 1.25 bits per heavy atom. The molecular weight excluding hydrogens is 263 g/mol. The van der Waals surface area contributed by atoms with Gasteiger partial charge in [-0.15, -0.1) is 0 Å². The van der Waals surface area contributed by atoms with Gasteiger partial charge in [0.25, 0.3) is 5.69 Å². The van der Waals surface area contributed by atoms with Crippen molar-refractivity contribution >= 4 is 17.1 Å². The molecule has 0 saturated heterocycles. The smallest absolute Gasteiger partial charge is 0.292 e. The number of hydrogen-bond donors (Lipinski definition) is 2. The Labute approximate surface area is 114 Å². The molecule has 2 aromatic rings. The molecule has 2 rings (SSSR count). The summed E-state index contributed by atoms with van der Waals surface area (Å²) in [5.74, 6) is -0.557. The van der Waals surface area contributed by atoms with Gasteiger partial charge in [0.2, 0.25) is 0 Å². The predicted molar refractivity (Wildman–Crippen MR) is 73.4 cm³/mol. The number of halogens is 1. The van der Waals surface area contributed by atoms with Crippen LogP contribution in [0.3, 0.4) is 0 Å². The Morgan fingerprint density at radius 3 is 2.45 bits per heavy atom. The Balaban J connectivity index is 2.29. The van der Waals surface area contributed by atoms with Crippen LogP contribution in [0.15, 0.2) is 42.5 Å². The summed E-state index contributed by atoms with van der Waals surface area (Å²) >= 11 is 0. The van der Waals surface area contributed by atoms with E-state index in [1.165, 1.54) is 0 Å². The van der Waals surface area contributed by atoms with Gasteiger partial charge in [-0.2, -0.15) is 0 Å². The minimum Gasteiger partial charge on any atom is -0.389 e. The number of hydrogen-bond acceptors (Lipinski definition) is 4. The number of nitro benzene ring substituents is 1. The first-order chi connectivity index (χ1) is 9.47. The van der Waals surface area contributed by atoms with Crippen LogP contribution in [-0.2, 0) is 0 Å². The Morgan fingerprint density at radius 2 is 1.90 bits per heavy atom. The molecule has 0 bridgehead atoms. The van der Waals surface area contributed by atoms with Crippen LogP contribution in [0.5, 0.6) is 0 Å². The quantitative estimate of drug-likeness (QED) is 0.661. The normalized spacial score (nSPS) is 11.9. The summed E-state index contributed by atoms with van der Waals surface area (Å²) in [6.07, 6.45) is -0.590. The summed E-state index contributed by atoms with van der Waals surface area (Å²) in [6.45, 7) is 1.64. The van der Waals surface area contributed by atoms with Crippen LogP contribution >= 0.6 is 0 Å². The molecule has 0 saturated carbocycles. The maximum Gasteiger partial charge on any atom is 0.292 e. The van der Waals surface area contributed by atoms with E-state index < -0.39 is 16.8 Å². The van der Waals surface area contributed by atoms with E-state index in [-0.39, 0.29) is 11.4 Å². The summed E-state index contributed by atoms with van der Waals surface area (Å²) in [6, 6.07) is 9.94. The van der Waals surface area contributed by atoms with Crippen LogP contribution in [0.1, 0.15) is 18.6 Å². The van der Waals surface area contributed by atoms with E-state index >= 15 is 0 Å². The first-order valence-electron chi connectivity index (χ1n) is 5.96. The summed E-state index contributed by atoms with van der Waals surface area (Å²) in [5, 5.41) is 23.1. The molecule has 20 heavy (non-hydrogen) atoms. The van der Waals surface area contributed by atoms with Crippen molar-refractivity contribution in [1.29, 1.82) is 0 Å². The molecule has 0 fully saturated rings. The van der Waals surface area contributed by atoms with Crippen molar-refractivity contribution in [3.05, 3.63) is 64.0 Å². The third-order valence-corrected chi connectivity index (χ3v) is 2.83. The van der Waals surface area contributed by atoms with E-state index in [1.807, 2.05) is 0 Å². The van der Waals surface area contributed by atoms with E-state index in [2.05, 4.69) is 5.32 Å². The van der Waals surface area contributed by atoms with Crippen molar-refractivity contribution in [3.63, 3.8) is 0 Å². The first kappa shape index (κ1) is 14.0. The second kappa shape index (κ2) is 5.66. The van der Waals surface area contributed by atoms with Gasteiger partial charge in [-0.05, 0) is 30.7 Å². The molecule has 0 radical (unpaired) electrons. The van der Waals surface area contributed by atoms with Crippen LogP contribution in [0.4, 0.5) is 21.5 Å². The molecule has 0 aromatic heterocycles. The zero-order valence-electron chi connectivity index (χ0n) is 10.7. The Bertz CT molecular complexity index is 627. The van der Waals surface area contributed by atoms with Gasteiger partial charge < -0.3 is 10.4 Å². The lowest BCUT2D eigenvalue weighted by Gasteiger charge is -2.09. The highest BCUT2D eigenvalue weighted by Crippen LogP contribution is 2.28. The molecule has 0 heterocycles. The van der Waals surface area contributed by atoms with Gasteiger partial charge in [0.15, 0.2) is 0 Å². The first-order valence-corrected chi connectivity index (χ1v) is 5.96. The molecule has 0 aliphatic heterocycles. The minimum absolute atomic E-state index is 0.0831. The average Bonchev–Trinajstić information content (AvgIpc) is 2.39. The van der Waals surface area contributed by atoms with Crippen LogP contribution in [0.25, 0.3) is 0 Å². The zero-order valence-corrected chi connectivity index (χ0v) is 10.7. The second-order valence-corrected chi connectivity index (χ2v) is 4.34. The fourth-order valence-corrected chi connectivity index (χ4v) is 1.77. The number of benzene rings is 2. The molecule has 5 nitrogen and oxygen atoms in total. The van der Waals surface area contributed by atoms with E-state index in [0.29, 0.717) is 5.69 Å². The molecule has 104 valence electrons. The van der Waals surface area contributed by atoms with Gasteiger partial charge >= 0.3 is 0 Å². The van der Waals surface area contributed by atoms with Gasteiger partial charge in [0, 0.05) is 17.8 Å². The molecule has 6 heteroatoms. The van der Waals surface area contributed by atoms with E-state index in [1.54, 1.807) is 31.2 Å². The van der Waals surface area contributed by atoms with Crippen LogP contribution in [-0.4, -0.2) is 10.0 Å². The van der Waals surface area contributed by atoms with E-state index in [9.17, 15) is 19.6 Å². The van der Waals surface area contributed by atoms with Crippen molar-refractivity contribution in [3.8, 4) is 0 Å². The largest absolute Gasteiger partial charge is 0.389 e. The van der Waals surface area contributed by atoms with Gasteiger partial charge in [-0.25, -0.2) is 4.39 Å². The molecule has 0 aliphatic carbocycles. The second-order valence-electron chi connectivity index (χ2n) is 4.34. The predicted octanol–water partition coefficient (Wildman–Crippen LogP) is 3.53. The minimum atomic E-state index is -0.590. The maximum absolute atomic E-state index is 13.2. The topological polar surface area (TPSA) is 75.4 Å². The molecular formula is C14H13FN2O3. The highest BCUT2D eigenvalue weighted by molar-refractivity contribution is 5.69. The van der Waals surface area contributed by atoms with Crippen molar-refractivity contribution < 1.29 is 14.4 Å². The lowest BCUT2D eigenvalue weighted by atomic mass is 10.1. The summed E-state index contributed by atoms with van der Waals surface area (Å²) in [7, 11) is 0. The Hall–Kier alpha value is -2.47. The third-order valence-electron chi connectivity index (χ3n) is 2.83. The molecule has 0 aliphatic rings. The number of nitrogens with one attached hydrogen (secondary N) is 1. The van der Waals surface area contributed by atoms with Crippen molar-refractivity contribution in [2.75, 3.05) is 5.32 Å². The monoisotopic (exact) mass is 276 g/mol. The molecule has 0 amide bonds. The molecule has 1 atom stereocenters. The number of aliphatic hydroxyl groups is 1. The third kappa shape index (κ3) is 3.10. The average molecular weight is 276 g/mol. The fourth-order valence-electron chi connectivity index (χ4n) is 1.77. The number of rotatable bonds is 4. The maximum atomic E-state index is 13.2. The summed E-state index contributed by atoms with van der Waals surface area (Å²) in [5.41, 5.74) is 1.18. The fraction of sp³-hybridized carbons (Fsp3) is 0.143. The van der Waals surface area contributed by atoms with Gasteiger partial charge in [-0.1, -0.05) is 12.1 Å². The van der Waals surface area contributed by atoms with Gasteiger partial charge in [-0.3, -0.25) is 10.1 Å². The lowest BCUT2D eigenvalue weighted by molar-refractivity contribution is -0.384. The van der Waals surface area contributed by atoms with Crippen LogP contribution < -0.4 is 5.32 Å². The number of anilines is 2. The highest BCUT2D eigenvalue weighted by Gasteiger charge is 2.14. The van der Waals surface area contributed by atoms with Crippen molar-refractivity contribution in [2.45, 2.75) is 13.0 Å². The molecule has 2 aromatic carbocycles. The number of nitrogens with zero attached hydrogens (tertiary/aromatic N) is 1. The van der Waals surface area contributed by atoms with Crippen molar-refractivity contribution in [2.24, 2.45) is 0 Å². The molecule has 1 unspecified atom stereocenters. The summed E-state index contributed by atoms with van der Waals surface area (Å²) < 4.78 is 13.2. The van der Waals surface area contributed by atoms with Crippen LogP contribution in [0, 0.1) is 15.9 Å². The summed E-state index contributed by atoms with van der Waals surface area (Å²) in [4.78, 5) is 10.3. The molecule has 2 N–H and O–H groups in total. The van der Waals surface area contributed by atoms with E-state index in [4.69, 9.17) is 0 Å². The molecule has 0 spiro atoms. The lowest BCUT2D eigenvalue weighted by Crippen LogP contribution is -1.98. The standard InChI is InChI=1S/C14H13FN2O3/c1-9(18)10-2-5-12(6-3-10)16-13-8-11(15)4-7-14(13)17(19)20/h2-9,16,18H,1H3. The Kier molecular flexibility index (Phi) is 3.95. The van der Waals surface area contributed by atoms with Crippen LogP contribution in [0.2, 0.25) is 0 Å².